The lowest BCUT2D eigenvalue weighted by Crippen LogP contribution is -2.61. The molecule has 83 heavy (non-hydrogen) atoms. The third-order valence-electron chi connectivity index (χ3n) is 14.2. The second-order valence-corrected chi connectivity index (χ2v) is 22.3. The Morgan fingerprint density at radius 2 is 1.46 bits per heavy atom. The first-order chi connectivity index (χ1) is 39.3. The molecule has 11 amide bonds. The van der Waals surface area contributed by atoms with Crippen molar-refractivity contribution < 1.29 is 78.3 Å². The van der Waals surface area contributed by atoms with E-state index in [1.54, 1.807) is 48.5 Å². The first kappa shape index (κ1) is 64.5. The van der Waals surface area contributed by atoms with Crippen LogP contribution in [0.2, 0.25) is 0 Å². The minimum atomic E-state index is -2.00. The number of aromatic amines is 1. The Morgan fingerprint density at radius 3 is 2.13 bits per heavy atom. The topological polar surface area (TPSA) is 428 Å². The molecule has 12 atom stereocenters. The van der Waals surface area contributed by atoms with E-state index < -0.39 is 163 Å². The van der Waals surface area contributed by atoms with Gasteiger partial charge in [-0.1, -0.05) is 30.3 Å². The minimum Gasteiger partial charge on any atom is -0.396 e. The van der Waals surface area contributed by atoms with Crippen molar-refractivity contribution in [3.05, 3.63) is 59.7 Å². The number of nitrogens with zero attached hydrogens (tertiary/aromatic N) is 1. The van der Waals surface area contributed by atoms with Crippen molar-refractivity contribution in [3.8, 4) is 0 Å². The smallest absolute Gasteiger partial charge is 0.246 e. The molecular weight excluding hydrogens is 1100 g/mol. The summed E-state index contributed by atoms with van der Waals surface area (Å²) in [5.74, 6) is -9.28. The van der Waals surface area contributed by atoms with E-state index in [2.05, 4.69) is 58.2 Å². The molecule has 2 bridgehead atoms. The van der Waals surface area contributed by atoms with Crippen molar-refractivity contribution in [2.24, 2.45) is 0 Å². The number of thioether (sulfide) groups is 1. The lowest BCUT2D eigenvalue weighted by molar-refractivity contribution is -0.142. The van der Waals surface area contributed by atoms with Gasteiger partial charge in [0.25, 0.3) is 0 Å². The summed E-state index contributed by atoms with van der Waals surface area (Å²) < 4.78 is 0. The van der Waals surface area contributed by atoms with Gasteiger partial charge in [-0.05, 0) is 70.4 Å². The van der Waals surface area contributed by atoms with E-state index in [0.29, 0.717) is 16.5 Å². The lowest BCUT2D eigenvalue weighted by Gasteiger charge is -2.31. The van der Waals surface area contributed by atoms with Crippen molar-refractivity contribution in [1.82, 2.24) is 57.7 Å². The quantitative estimate of drug-likeness (QED) is 0.0569. The summed E-state index contributed by atoms with van der Waals surface area (Å²) in [6.07, 6.45) is -4.17. The number of aliphatic hydroxyl groups excluding tert-OH is 4. The number of hydrogen-bond acceptors (Lipinski definition) is 17. The molecule has 452 valence electrons. The van der Waals surface area contributed by atoms with Crippen molar-refractivity contribution >= 4 is 93.3 Å². The molecule has 0 spiro atoms. The van der Waals surface area contributed by atoms with Crippen LogP contribution >= 0.6 is 11.8 Å². The number of H-pyrrole nitrogens is 1. The van der Waals surface area contributed by atoms with E-state index in [1.807, 2.05) is 0 Å². The Kier molecular flexibility index (Phi) is 22.5. The normalized spacial score (nSPS) is 24.8. The van der Waals surface area contributed by atoms with Crippen molar-refractivity contribution in [1.29, 1.82) is 0 Å². The molecule has 1 unspecified atom stereocenters. The highest BCUT2D eigenvalue weighted by Gasteiger charge is 2.44. The fourth-order valence-corrected chi connectivity index (χ4v) is 10.6. The van der Waals surface area contributed by atoms with Crippen LogP contribution in [0.3, 0.4) is 0 Å². The van der Waals surface area contributed by atoms with Crippen molar-refractivity contribution in [2.45, 2.75) is 157 Å². The molecule has 29 heteroatoms. The second kappa shape index (κ2) is 29.0. The zero-order chi connectivity index (χ0) is 60.9. The molecule has 1 aromatic heterocycles. The van der Waals surface area contributed by atoms with Crippen molar-refractivity contribution in [2.75, 3.05) is 37.4 Å². The maximum absolute atomic E-state index is 14.7. The van der Waals surface area contributed by atoms with Gasteiger partial charge < -0.3 is 88.6 Å². The molecule has 3 aromatic rings. The molecule has 0 aliphatic carbocycles. The molecule has 2 aromatic carbocycles. The minimum absolute atomic E-state index is 0.0164. The number of rotatable bonds is 17. The van der Waals surface area contributed by atoms with Gasteiger partial charge in [0.1, 0.15) is 54.4 Å². The van der Waals surface area contributed by atoms with E-state index in [0.717, 1.165) is 22.2 Å². The highest BCUT2D eigenvalue weighted by molar-refractivity contribution is 7.99. The Bertz CT molecular complexity index is 2910. The summed E-state index contributed by atoms with van der Waals surface area (Å²) in [5, 5.41) is 78.3. The first-order valence-electron chi connectivity index (χ1n) is 27.2. The fraction of sp³-hybridized carbons (Fsp3) is 0.537. The summed E-state index contributed by atoms with van der Waals surface area (Å²) in [5.41, 5.74) is -0.290. The Hall–Kier alpha value is -7.70. The number of hydrogen-bond donors (Lipinski definition) is 16. The van der Waals surface area contributed by atoms with Gasteiger partial charge in [0, 0.05) is 74.0 Å². The van der Waals surface area contributed by atoms with Crippen LogP contribution in [0.25, 0.3) is 10.9 Å². The highest BCUT2D eigenvalue weighted by atomic mass is 32.2. The number of fused-ring (bicyclic) bond motifs is 5. The molecule has 6 rings (SSSR count). The van der Waals surface area contributed by atoms with Gasteiger partial charge in [0.05, 0.1) is 36.0 Å². The fourth-order valence-electron chi connectivity index (χ4n) is 9.51. The largest absolute Gasteiger partial charge is 0.396 e. The number of carbonyl (C=O) groups is 11. The molecule has 0 radical (unpaired) electrons. The maximum atomic E-state index is 14.7. The monoisotopic (exact) mass is 1180 g/mol. The average Bonchev–Trinajstić information content (AvgIpc) is 3.78. The second-order valence-electron chi connectivity index (χ2n) is 21.3. The predicted molar refractivity (Wildman–Crippen MR) is 298 cm³/mol. The number of amides is 11. The third kappa shape index (κ3) is 17.7. The molecule has 1 fully saturated rings. The van der Waals surface area contributed by atoms with Crippen LogP contribution in [0.1, 0.15) is 77.8 Å². The molecular formula is C54H74N12O16S. The van der Waals surface area contributed by atoms with E-state index in [4.69, 9.17) is 0 Å². The summed E-state index contributed by atoms with van der Waals surface area (Å²) >= 11 is 0.960. The van der Waals surface area contributed by atoms with Crippen LogP contribution in [0.5, 0.6) is 0 Å². The van der Waals surface area contributed by atoms with Gasteiger partial charge in [0.2, 0.25) is 65.0 Å². The van der Waals surface area contributed by atoms with Gasteiger partial charge in [0.15, 0.2) is 0 Å². The van der Waals surface area contributed by atoms with Gasteiger partial charge in [-0.15, -0.1) is 11.8 Å². The summed E-state index contributed by atoms with van der Waals surface area (Å²) in [4.78, 5) is 156. The number of aliphatic hydroxyl groups is 5. The van der Waals surface area contributed by atoms with Gasteiger partial charge in [-0.25, -0.2) is 0 Å². The molecule has 28 nitrogen and oxygen atoms in total. The van der Waals surface area contributed by atoms with Gasteiger partial charge in [-0.2, -0.15) is 0 Å². The predicted octanol–water partition coefficient (Wildman–Crippen LogP) is -4.30. The zero-order valence-electron chi connectivity index (χ0n) is 46.5. The number of benzene rings is 2. The highest BCUT2D eigenvalue weighted by Crippen LogP contribution is 2.34. The number of nitrogens with one attached hydrogen (secondary N) is 11. The average molecular weight is 1180 g/mol. The third-order valence-corrected chi connectivity index (χ3v) is 15.3. The Balaban J connectivity index is 1.29. The van der Waals surface area contributed by atoms with Crippen LogP contribution in [-0.2, 0) is 65.6 Å². The standard InChI is InChI=1S/C54H74N12O16S/c1-26(56-47(76)36(60-42(72)15-17-67)18-30-10-7-6-8-11-30)44(73)55-16-9-12-41(71)59-31-13-14-35-33(19-31)34-21-37-48(77)62-38(22-54(5,82)25-68)49(78)57-28(3)46(75)65-43(29(4)69)51(80)63-39(24-83-52(34)64-35)53(81)66-23-32(70)20-40(66)50(79)58-27(2)45(74)61-37/h6-8,10-11,13-14,19,26-29,32,36-40,43,64,67-70,82H,9,12,15-18,20-25H2,1-5H3,(H,55,73)(H,56,76)(H,57,78)(H,58,79)(H,59,71)(H,60,72)(H,61,74)(H,62,77)(H,63,80)(H,65,75)/t26-,27+,28+,29?,32-,36-,37+,38+,39-,40+,43-,54-/m1/s1. The van der Waals surface area contributed by atoms with Crippen LogP contribution in [-0.4, -0.2) is 205 Å². The lowest BCUT2D eigenvalue weighted by atomic mass is 9.96. The molecule has 0 saturated carbocycles. The van der Waals surface area contributed by atoms with E-state index in [-0.39, 0.29) is 61.7 Å². The number of carbonyl (C=O) groups excluding carboxylic acids is 11. The number of aromatic nitrogens is 1. The number of anilines is 1. The summed E-state index contributed by atoms with van der Waals surface area (Å²) in [6.45, 7) is 4.71. The summed E-state index contributed by atoms with van der Waals surface area (Å²) in [7, 11) is 0. The SMILES string of the molecule is CC(O)[C@H]1NC(=O)[C@H](C)NC(=O)[C@H](C[C@@](C)(O)CO)NC(=O)[C@@H]2Cc3c([nH]c4ccc(NC(=O)CCCNC(=O)[C@@H](C)NC(=O)[C@@H](Cc5ccccc5)NC(=O)CCO)cc34)SC[C@@H](NC1=O)C(=O)N1C[C@H](O)C[C@H]1C(=O)N[C@@H](C)C(=O)N2. The molecule has 4 heterocycles. The maximum Gasteiger partial charge on any atom is 0.246 e. The molecule has 3 aliphatic rings. The van der Waals surface area contributed by atoms with Crippen LogP contribution < -0.4 is 53.2 Å². The van der Waals surface area contributed by atoms with E-state index in [9.17, 15) is 78.3 Å². The zero-order valence-corrected chi connectivity index (χ0v) is 47.4. The van der Waals surface area contributed by atoms with E-state index >= 15 is 0 Å². The molecule has 16 N–H and O–H groups in total. The van der Waals surface area contributed by atoms with Gasteiger partial charge in [-0.3, -0.25) is 52.7 Å². The Morgan fingerprint density at radius 1 is 0.783 bits per heavy atom. The first-order valence-corrected chi connectivity index (χ1v) is 28.2. The van der Waals surface area contributed by atoms with Gasteiger partial charge >= 0.3 is 0 Å². The molecule has 3 aliphatic heterocycles. The Labute approximate surface area is 481 Å². The van der Waals surface area contributed by atoms with E-state index in [1.165, 1.54) is 34.6 Å². The van der Waals surface area contributed by atoms with Crippen molar-refractivity contribution in [3.63, 3.8) is 0 Å². The van der Waals surface area contributed by atoms with Crippen LogP contribution in [0, 0.1) is 0 Å². The summed E-state index contributed by atoms with van der Waals surface area (Å²) in [6, 6.07) is 0.693. The van der Waals surface area contributed by atoms with Crippen LogP contribution in [0.4, 0.5) is 5.69 Å². The molecule has 1 saturated heterocycles. The van der Waals surface area contributed by atoms with Crippen LogP contribution in [0.15, 0.2) is 53.6 Å².